The molecule has 0 bridgehead atoms. The number of ether oxygens (including phenoxy) is 4. The van der Waals surface area contributed by atoms with Crippen LogP contribution in [-0.4, -0.2) is 67.5 Å². The molecule has 234 valence electrons. The largest absolute Gasteiger partial charge is 0.443 e. The maximum atomic E-state index is 15.3. The maximum absolute atomic E-state index is 15.3. The van der Waals surface area contributed by atoms with E-state index in [9.17, 15) is 18.4 Å². The minimum atomic E-state index is -4.77. The summed E-state index contributed by atoms with van der Waals surface area (Å²) in [4.78, 5) is 38.4. The number of hydrogen-bond acceptors (Lipinski definition) is 9. The molecule has 2 atom stereocenters. The van der Waals surface area contributed by atoms with E-state index in [0.717, 1.165) is 6.33 Å². The lowest BCUT2D eigenvalue weighted by Crippen LogP contribution is -2.46. The van der Waals surface area contributed by atoms with Gasteiger partial charge in [0.15, 0.2) is 23.1 Å². The summed E-state index contributed by atoms with van der Waals surface area (Å²) in [5.74, 6) is -10.0. The highest BCUT2D eigenvalue weighted by molar-refractivity contribution is 6.29. The van der Waals surface area contributed by atoms with Crippen molar-refractivity contribution in [2.24, 2.45) is 0 Å². The third-order valence-electron chi connectivity index (χ3n) is 5.83. The molecule has 0 spiro atoms. The summed E-state index contributed by atoms with van der Waals surface area (Å²) in [5, 5.41) is -0.628. The Hall–Kier alpha value is -3.56. The Balaban J connectivity index is 1.72. The summed E-state index contributed by atoms with van der Waals surface area (Å²) in [7, 11) is 0. The highest BCUT2D eigenvalue weighted by Crippen LogP contribution is 2.53. The maximum Gasteiger partial charge on any atom is 0.425 e. The molecule has 1 aliphatic heterocycles. The van der Waals surface area contributed by atoms with E-state index in [2.05, 4.69) is 15.0 Å². The molecule has 0 aliphatic carbocycles. The highest BCUT2D eigenvalue weighted by Gasteiger charge is 2.73. The van der Waals surface area contributed by atoms with E-state index < -0.39 is 76.4 Å². The Labute approximate surface area is 249 Å². The predicted octanol–water partition coefficient (Wildman–Crippen LogP) is 6.54. The number of nitrogens with zero attached hydrogens (tertiary/aromatic N) is 5. The SMILES string of the molecule is CC(C)(C)OC(=O)N(C(=O)OC(C)(C)C)c1nc(Cl)nc2c1ncn2[C@@H]1O[C@H](COCc2ccccc2)C(F)(F)C1(F)F. The fourth-order valence-corrected chi connectivity index (χ4v) is 4.17. The molecular weight excluding hydrogens is 602 g/mol. The third-order valence-corrected chi connectivity index (χ3v) is 5.99. The number of carbonyl (C=O) groups is 2. The van der Waals surface area contributed by atoms with Crippen molar-refractivity contribution in [2.45, 2.75) is 83.5 Å². The van der Waals surface area contributed by atoms with Gasteiger partial charge in [-0.1, -0.05) is 30.3 Å². The third kappa shape index (κ3) is 6.83. The Kier molecular flexibility index (Phi) is 8.66. The second kappa shape index (κ2) is 11.5. The lowest BCUT2D eigenvalue weighted by atomic mass is 10.1. The average Bonchev–Trinajstić information content (AvgIpc) is 3.34. The van der Waals surface area contributed by atoms with E-state index in [1.54, 1.807) is 30.3 Å². The number of anilines is 1. The monoisotopic (exact) mass is 631 g/mol. The van der Waals surface area contributed by atoms with Crippen molar-refractivity contribution in [2.75, 3.05) is 11.5 Å². The number of benzene rings is 1. The van der Waals surface area contributed by atoms with Gasteiger partial charge in [-0.2, -0.15) is 32.4 Å². The fourth-order valence-electron chi connectivity index (χ4n) is 4.01. The molecule has 1 aromatic carbocycles. The smallest absolute Gasteiger partial charge is 0.425 e. The van der Waals surface area contributed by atoms with Crippen molar-refractivity contribution in [1.82, 2.24) is 19.5 Å². The fraction of sp³-hybridized carbons (Fsp3) is 0.519. The number of aromatic nitrogens is 4. The van der Waals surface area contributed by atoms with Crippen LogP contribution in [-0.2, 0) is 25.6 Å². The molecule has 3 aromatic rings. The van der Waals surface area contributed by atoms with Gasteiger partial charge >= 0.3 is 24.0 Å². The number of amides is 2. The Bertz CT molecular complexity index is 1460. The molecule has 2 aromatic heterocycles. The zero-order valence-electron chi connectivity index (χ0n) is 24.1. The number of fused-ring (bicyclic) bond motifs is 1. The Morgan fingerprint density at radius 2 is 1.56 bits per heavy atom. The number of hydrogen-bond donors (Lipinski definition) is 0. The number of rotatable bonds is 6. The van der Waals surface area contributed by atoms with E-state index in [-0.39, 0.29) is 6.61 Å². The Morgan fingerprint density at radius 1 is 0.977 bits per heavy atom. The summed E-state index contributed by atoms with van der Waals surface area (Å²) in [6, 6.07) is 8.53. The molecule has 1 saturated heterocycles. The molecule has 0 radical (unpaired) electrons. The van der Waals surface area contributed by atoms with Gasteiger partial charge in [0.1, 0.15) is 11.2 Å². The van der Waals surface area contributed by atoms with Crippen LogP contribution in [0.4, 0.5) is 33.0 Å². The van der Waals surface area contributed by atoms with Crippen LogP contribution in [0.3, 0.4) is 0 Å². The summed E-state index contributed by atoms with van der Waals surface area (Å²) >= 11 is 6.07. The minimum absolute atomic E-state index is 0.113. The molecule has 1 fully saturated rings. The second-order valence-corrected chi connectivity index (χ2v) is 12.0. The van der Waals surface area contributed by atoms with Crippen molar-refractivity contribution in [1.29, 1.82) is 0 Å². The van der Waals surface area contributed by atoms with E-state index in [1.165, 1.54) is 41.5 Å². The predicted molar refractivity (Wildman–Crippen MR) is 145 cm³/mol. The molecule has 43 heavy (non-hydrogen) atoms. The van der Waals surface area contributed by atoms with Crippen LogP contribution in [0.5, 0.6) is 0 Å². The molecule has 0 N–H and O–H groups in total. The lowest BCUT2D eigenvalue weighted by molar-refractivity contribution is -0.210. The summed E-state index contributed by atoms with van der Waals surface area (Å²) < 4.78 is 82.1. The van der Waals surface area contributed by atoms with Gasteiger partial charge in [0.05, 0.1) is 19.5 Å². The molecule has 11 nitrogen and oxygen atoms in total. The van der Waals surface area contributed by atoms with Crippen molar-refractivity contribution in [3.8, 4) is 0 Å². The van der Waals surface area contributed by atoms with Crippen LogP contribution >= 0.6 is 11.6 Å². The van der Waals surface area contributed by atoms with Crippen molar-refractivity contribution >= 4 is 40.8 Å². The highest BCUT2D eigenvalue weighted by atomic mass is 35.5. The molecule has 4 rings (SSSR count). The quantitative estimate of drug-likeness (QED) is 0.221. The molecule has 0 saturated carbocycles. The van der Waals surface area contributed by atoms with Crippen LogP contribution in [0.1, 0.15) is 53.3 Å². The molecule has 1 aliphatic rings. The zero-order valence-corrected chi connectivity index (χ0v) is 24.9. The van der Waals surface area contributed by atoms with E-state index in [0.29, 0.717) is 15.0 Å². The number of imide groups is 1. The van der Waals surface area contributed by atoms with E-state index in [1.807, 2.05) is 0 Å². The van der Waals surface area contributed by atoms with Gasteiger partial charge in [0.25, 0.3) is 0 Å². The number of alkyl halides is 4. The number of halogens is 5. The van der Waals surface area contributed by atoms with Crippen molar-refractivity contribution < 1.29 is 46.1 Å². The summed E-state index contributed by atoms with van der Waals surface area (Å²) in [6.45, 7) is 8.25. The number of carbonyl (C=O) groups excluding carboxylic acids is 2. The van der Waals surface area contributed by atoms with Gasteiger partial charge < -0.3 is 18.9 Å². The normalized spacial score (nSPS) is 19.8. The molecule has 2 amide bonds. The first kappa shape index (κ1) is 32.4. The van der Waals surface area contributed by atoms with Gasteiger partial charge in [-0.15, -0.1) is 0 Å². The first-order chi connectivity index (χ1) is 19.8. The average molecular weight is 632 g/mol. The first-order valence-corrected chi connectivity index (χ1v) is 13.4. The van der Waals surface area contributed by atoms with Crippen LogP contribution in [0.15, 0.2) is 36.7 Å². The van der Waals surface area contributed by atoms with Crippen LogP contribution in [0.25, 0.3) is 11.2 Å². The van der Waals surface area contributed by atoms with Gasteiger partial charge in [-0.25, -0.2) is 14.6 Å². The molecular formula is C27H30ClF4N5O6. The summed E-state index contributed by atoms with van der Waals surface area (Å²) in [6.07, 6.45) is -6.73. The van der Waals surface area contributed by atoms with E-state index in [4.69, 9.17) is 30.5 Å². The van der Waals surface area contributed by atoms with Crippen LogP contribution in [0, 0.1) is 0 Å². The first-order valence-electron chi connectivity index (χ1n) is 13.0. The lowest BCUT2D eigenvalue weighted by Gasteiger charge is -2.28. The zero-order chi connectivity index (χ0) is 32.0. The second-order valence-electron chi connectivity index (χ2n) is 11.7. The van der Waals surface area contributed by atoms with Gasteiger partial charge in [0.2, 0.25) is 11.5 Å². The summed E-state index contributed by atoms with van der Waals surface area (Å²) in [5.41, 5.74) is -2.48. The van der Waals surface area contributed by atoms with Crippen LogP contribution < -0.4 is 4.90 Å². The van der Waals surface area contributed by atoms with Crippen molar-refractivity contribution in [3.63, 3.8) is 0 Å². The standard InChI is InChI=1S/C27H30ClF4N5O6/c1-24(2,3)42-22(38)37(23(39)43-25(4,5)6)19-17-18(34-21(28)35-19)36(14-33-17)20-27(31,32)26(29,30)16(41-20)13-40-12-15-10-8-7-9-11-15/h7-11,14,16,20H,12-13H2,1-6H3/t16-,20-/m1/s1. The number of imidazole rings is 1. The van der Waals surface area contributed by atoms with E-state index >= 15 is 8.78 Å². The van der Waals surface area contributed by atoms with Crippen molar-refractivity contribution in [3.05, 3.63) is 47.5 Å². The molecule has 3 heterocycles. The van der Waals surface area contributed by atoms with Gasteiger partial charge in [0, 0.05) is 0 Å². The van der Waals surface area contributed by atoms with Gasteiger partial charge in [-0.3, -0.25) is 4.57 Å². The van der Waals surface area contributed by atoms with Crippen LogP contribution in [0.2, 0.25) is 5.28 Å². The Morgan fingerprint density at radius 3 is 2.12 bits per heavy atom. The molecule has 0 unspecified atom stereocenters. The van der Waals surface area contributed by atoms with Gasteiger partial charge in [-0.05, 0) is 58.7 Å². The molecule has 16 heteroatoms. The minimum Gasteiger partial charge on any atom is -0.443 e. The topological polar surface area (TPSA) is 118 Å².